The van der Waals surface area contributed by atoms with E-state index in [1.54, 1.807) is 36.4 Å². The van der Waals surface area contributed by atoms with E-state index in [9.17, 15) is 13.2 Å². The Labute approximate surface area is 195 Å². The summed E-state index contributed by atoms with van der Waals surface area (Å²) in [6, 6.07) is 18.3. The average molecular weight is 474 g/mol. The van der Waals surface area contributed by atoms with Gasteiger partial charge in [-0.15, -0.1) is 0 Å². The summed E-state index contributed by atoms with van der Waals surface area (Å²) >= 11 is 0. The highest BCUT2D eigenvalue weighted by Crippen LogP contribution is 2.32. The molecule has 0 spiro atoms. The highest BCUT2D eigenvalue weighted by Gasteiger charge is 2.16. The van der Waals surface area contributed by atoms with Crippen LogP contribution in [0, 0.1) is 0 Å². The van der Waals surface area contributed by atoms with Crippen LogP contribution < -0.4 is 19.5 Å². The molecule has 1 amide bonds. The largest absolute Gasteiger partial charge is 0.454 e. The molecule has 0 radical (unpaired) electrons. The monoisotopic (exact) mass is 474 g/mol. The number of fused-ring (bicyclic) bond motifs is 2. The van der Waals surface area contributed by atoms with Crippen LogP contribution in [0.4, 0.5) is 11.5 Å². The van der Waals surface area contributed by atoms with Gasteiger partial charge >= 0.3 is 0 Å². The predicted octanol–water partition coefficient (Wildman–Crippen LogP) is 3.81. The number of carbonyl (C=O) groups excluding carboxylic acids is 1. The Morgan fingerprint density at radius 3 is 2.53 bits per heavy atom. The van der Waals surface area contributed by atoms with E-state index in [0.29, 0.717) is 28.2 Å². The molecule has 0 unspecified atom stereocenters. The van der Waals surface area contributed by atoms with Crippen molar-refractivity contribution in [1.29, 1.82) is 0 Å². The molecule has 10 heteroatoms. The van der Waals surface area contributed by atoms with Crippen molar-refractivity contribution in [3.63, 3.8) is 0 Å². The number of ether oxygens (including phenoxy) is 2. The molecule has 3 aromatic carbocycles. The summed E-state index contributed by atoms with van der Waals surface area (Å²) in [4.78, 5) is 20.8. The van der Waals surface area contributed by atoms with Gasteiger partial charge in [-0.05, 0) is 60.2 Å². The molecule has 9 nitrogen and oxygen atoms in total. The molecule has 2 heterocycles. The molecule has 34 heavy (non-hydrogen) atoms. The molecule has 0 aliphatic carbocycles. The number of amides is 1. The van der Waals surface area contributed by atoms with Gasteiger partial charge in [0.05, 0.1) is 22.1 Å². The molecule has 170 valence electrons. The standard InChI is InChI=1S/C24H18N4O5S/c29-24(12-6-16-5-11-21-22(13-16)33-15-32-21)26-17-7-9-18(10-8-17)34(30,31)28-23-14-25-19-3-1-2-4-20(19)27-23/h1-14H,15H2,(H,26,29)(H,27,28). The van der Waals surface area contributed by atoms with Crippen molar-refractivity contribution in [2.45, 2.75) is 4.90 Å². The highest BCUT2D eigenvalue weighted by atomic mass is 32.2. The van der Waals surface area contributed by atoms with Gasteiger partial charge in [0.25, 0.3) is 10.0 Å². The molecule has 1 aromatic heterocycles. The van der Waals surface area contributed by atoms with Crippen molar-refractivity contribution in [3.8, 4) is 11.5 Å². The number of para-hydroxylation sites is 2. The van der Waals surface area contributed by atoms with Crippen LogP contribution >= 0.6 is 0 Å². The Morgan fingerprint density at radius 1 is 0.941 bits per heavy atom. The van der Waals surface area contributed by atoms with Crippen molar-refractivity contribution in [3.05, 3.63) is 84.6 Å². The Bertz CT molecular complexity index is 1520. The minimum atomic E-state index is -3.88. The number of aromatic nitrogens is 2. The molecule has 0 saturated carbocycles. The third kappa shape index (κ3) is 4.66. The van der Waals surface area contributed by atoms with Gasteiger partial charge in [0.1, 0.15) is 0 Å². The number of rotatable bonds is 6. The second kappa shape index (κ2) is 8.83. The molecular weight excluding hydrogens is 456 g/mol. The molecule has 0 atom stereocenters. The minimum absolute atomic E-state index is 0.0244. The van der Waals surface area contributed by atoms with Crippen molar-refractivity contribution >= 4 is 44.5 Å². The Morgan fingerprint density at radius 2 is 1.71 bits per heavy atom. The van der Waals surface area contributed by atoms with Gasteiger partial charge in [-0.2, -0.15) is 0 Å². The first-order valence-electron chi connectivity index (χ1n) is 10.2. The van der Waals surface area contributed by atoms with Crippen LogP contribution in [0.15, 0.2) is 83.9 Å². The number of anilines is 2. The number of nitrogens with zero attached hydrogens (tertiary/aromatic N) is 2. The summed E-state index contributed by atoms with van der Waals surface area (Å²) in [5.41, 5.74) is 2.47. The van der Waals surface area contributed by atoms with Gasteiger partial charge in [0.2, 0.25) is 12.7 Å². The second-order valence-corrected chi connectivity index (χ2v) is 8.99. The van der Waals surface area contributed by atoms with Crippen molar-refractivity contribution in [2.24, 2.45) is 0 Å². The lowest BCUT2D eigenvalue weighted by Gasteiger charge is -2.09. The van der Waals surface area contributed by atoms with Gasteiger partial charge in [0.15, 0.2) is 17.3 Å². The Balaban J connectivity index is 1.23. The number of benzene rings is 3. The number of sulfonamides is 1. The second-order valence-electron chi connectivity index (χ2n) is 7.31. The van der Waals surface area contributed by atoms with Crippen LogP contribution in [0.5, 0.6) is 11.5 Å². The zero-order valence-corrected chi connectivity index (χ0v) is 18.5. The maximum Gasteiger partial charge on any atom is 0.263 e. The Kier molecular flexibility index (Phi) is 5.56. The van der Waals surface area contributed by atoms with Crippen LogP contribution in [0.3, 0.4) is 0 Å². The lowest BCUT2D eigenvalue weighted by atomic mass is 10.2. The first-order valence-corrected chi connectivity index (χ1v) is 11.7. The third-order valence-electron chi connectivity index (χ3n) is 4.94. The summed E-state index contributed by atoms with van der Waals surface area (Å²) in [6.45, 7) is 0.180. The lowest BCUT2D eigenvalue weighted by Crippen LogP contribution is -2.14. The van der Waals surface area contributed by atoms with Gasteiger partial charge in [-0.25, -0.2) is 13.4 Å². The summed E-state index contributed by atoms with van der Waals surface area (Å²) in [5.74, 6) is 1.05. The fourth-order valence-corrected chi connectivity index (χ4v) is 4.28. The molecule has 1 aliphatic rings. The van der Waals surface area contributed by atoms with Crippen LogP contribution in [0.2, 0.25) is 0 Å². The van der Waals surface area contributed by atoms with Crippen LogP contribution in [0.25, 0.3) is 17.1 Å². The molecule has 5 rings (SSSR count). The van der Waals surface area contributed by atoms with Gasteiger partial charge < -0.3 is 14.8 Å². The van der Waals surface area contributed by atoms with Crippen molar-refractivity contribution in [1.82, 2.24) is 9.97 Å². The Hall–Kier alpha value is -4.44. The van der Waals surface area contributed by atoms with E-state index in [2.05, 4.69) is 20.0 Å². The highest BCUT2D eigenvalue weighted by molar-refractivity contribution is 7.92. The van der Waals surface area contributed by atoms with Crippen molar-refractivity contribution < 1.29 is 22.7 Å². The van der Waals surface area contributed by atoms with E-state index >= 15 is 0 Å². The van der Waals surface area contributed by atoms with E-state index in [-0.39, 0.29) is 23.4 Å². The summed E-state index contributed by atoms with van der Waals surface area (Å²) in [6.07, 6.45) is 4.38. The maximum atomic E-state index is 12.7. The average Bonchev–Trinajstić information content (AvgIpc) is 3.31. The quantitative estimate of drug-likeness (QED) is 0.408. The molecular formula is C24H18N4O5S. The third-order valence-corrected chi connectivity index (χ3v) is 6.31. The minimum Gasteiger partial charge on any atom is -0.454 e. The SMILES string of the molecule is O=C(C=Cc1ccc2c(c1)OCO2)Nc1ccc(S(=O)(=O)Nc2cnc3ccccc3n2)cc1. The molecule has 4 aromatic rings. The van der Waals surface area contributed by atoms with Gasteiger partial charge in [0, 0.05) is 11.8 Å². The maximum absolute atomic E-state index is 12.7. The molecule has 2 N–H and O–H groups in total. The lowest BCUT2D eigenvalue weighted by molar-refractivity contribution is -0.111. The number of nitrogens with one attached hydrogen (secondary N) is 2. The smallest absolute Gasteiger partial charge is 0.263 e. The van der Waals surface area contributed by atoms with Gasteiger partial charge in [-0.1, -0.05) is 18.2 Å². The number of carbonyl (C=O) groups is 1. The fourth-order valence-electron chi connectivity index (χ4n) is 3.29. The topological polar surface area (TPSA) is 120 Å². The molecule has 0 fully saturated rings. The summed E-state index contributed by atoms with van der Waals surface area (Å²) in [7, 11) is -3.88. The zero-order valence-electron chi connectivity index (χ0n) is 17.6. The number of hydrogen-bond acceptors (Lipinski definition) is 7. The fraction of sp³-hybridized carbons (Fsp3) is 0.0417. The van der Waals surface area contributed by atoms with Crippen molar-refractivity contribution in [2.75, 3.05) is 16.8 Å². The van der Waals surface area contributed by atoms with Crippen LogP contribution in [0.1, 0.15) is 5.56 Å². The van der Waals surface area contributed by atoms with Gasteiger partial charge in [-0.3, -0.25) is 14.5 Å². The zero-order chi connectivity index (χ0) is 23.5. The van der Waals surface area contributed by atoms with E-state index in [4.69, 9.17) is 9.47 Å². The first kappa shape index (κ1) is 21.4. The summed E-state index contributed by atoms with van der Waals surface area (Å²) < 4.78 is 38.4. The normalized spacial score (nSPS) is 12.7. The van der Waals surface area contributed by atoms with Crippen LogP contribution in [-0.2, 0) is 14.8 Å². The van der Waals surface area contributed by atoms with E-state index < -0.39 is 10.0 Å². The van der Waals surface area contributed by atoms with E-state index in [1.807, 2.05) is 12.1 Å². The van der Waals surface area contributed by atoms with Crippen LogP contribution in [-0.4, -0.2) is 31.1 Å². The summed E-state index contributed by atoms with van der Waals surface area (Å²) in [5, 5.41) is 2.69. The molecule has 1 aliphatic heterocycles. The molecule has 0 saturated heterocycles. The predicted molar refractivity (Wildman–Crippen MR) is 127 cm³/mol. The van der Waals surface area contributed by atoms with E-state index in [1.165, 1.54) is 36.5 Å². The first-order chi connectivity index (χ1) is 16.5. The molecule has 0 bridgehead atoms. The van der Waals surface area contributed by atoms with E-state index in [0.717, 1.165) is 5.56 Å². The number of hydrogen-bond donors (Lipinski definition) is 2.